The van der Waals surface area contributed by atoms with Gasteiger partial charge < -0.3 is 10.3 Å². The average Bonchev–Trinajstić information content (AvgIpc) is 2.12. The molecule has 0 aromatic heterocycles. The second-order valence-electron chi connectivity index (χ2n) is 3.48. The van der Waals surface area contributed by atoms with Crippen LogP contribution in [0.3, 0.4) is 0 Å². The monoisotopic (exact) mass is 177 g/mol. The van der Waals surface area contributed by atoms with Gasteiger partial charge in [-0.25, -0.2) is 6.57 Å². The zero-order valence-electron chi connectivity index (χ0n) is 8.45. The predicted octanol–water partition coefficient (Wildman–Crippen LogP) is 3.29. The van der Waals surface area contributed by atoms with E-state index in [1.54, 1.807) is 0 Å². The Bertz CT molecular complexity index is 209. The molecule has 0 saturated heterocycles. The zero-order chi connectivity index (χ0) is 10.1. The second-order valence-corrected chi connectivity index (χ2v) is 3.48. The Morgan fingerprint density at radius 1 is 1.62 bits per heavy atom. The molecule has 0 radical (unpaired) electrons. The van der Waals surface area contributed by atoms with Gasteiger partial charge in [-0.15, -0.1) is 0 Å². The number of hydrogen-bond acceptors (Lipinski definition) is 0. The van der Waals surface area contributed by atoms with Crippen molar-refractivity contribution >= 4 is 5.87 Å². The summed E-state index contributed by atoms with van der Waals surface area (Å²) in [5.41, 5.74) is 0. The van der Waals surface area contributed by atoms with E-state index in [1.165, 1.54) is 18.9 Å². The molecule has 0 aliphatic rings. The van der Waals surface area contributed by atoms with E-state index in [0.29, 0.717) is 12.3 Å². The molecule has 2 atom stereocenters. The molecule has 13 heavy (non-hydrogen) atoms. The van der Waals surface area contributed by atoms with E-state index in [9.17, 15) is 0 Å². The fourth-order valence-corrected chi connectivity index (χ4v) is 1.47. The smallest absolute Gasteiger partial charge is 0.227 e. The van der Waals surface area contributed by atoms with Crippen LogP contribution in [-0.4, -0.2) is 11.9 Å². The molecular formula is C11H17N2-. The van der Waals surface area contributed by atoms with Crippen molar-refractivity contribution in [2.24, 2.45) is 5.92 Å². The predicted molar refractivity (Wildman–Crippen MR) is 56.6 cm³/mol. The summed E-state index contributed by atoms with van der Waals surface area (Å²) in [6.07, 6.45) is 5.43. The van der Waals surface area contributed by atoms with Gasteiger partial charge in [-0.2, -0.15) is 0 Å². The highest BCUT2D eigenvalue weighted by molar-refractivity contribution is 5.54. The van der Waals surface area contributed by atoms with E-state index in [1.807, 2.05) is 5.87 Å². The van der Waals surface area contributed by atoms with Crippen LogP contribution in [-0.2, 0) is 0 Å². The van der Waals surface area contributed by atoms with Gasteiger partial charge in [0.15, 0.2) is 0 Å². The third-order valence-electron chi connectivity index (χ3n) is 2.12. The Morgan fingerprint density at radius 2 is 2.31 bits per heavy atom. The summed E-state index contributed by atoms with van der Waals surface area (Å²) in [4.78, 5) is 3.52. The molecular weight excluding hydrogens is 160 g/mol. The first-order chi connectivity index (χ1) is 6.24. The Labute approximate surface area is 81.0 Å². The molecule has 0 aromatic rings. The van der Waals surface area contributed by atoms with Gasteiger partial charge in [0.2, 0.25) is 6.04 Å². The Kier molecular flexibility index (Phi) is 6.96. The molecule has 2 heteroatoms. The van der Waals surface area contributed by atoms with E-state index >= 15 is 0 Å². The van der Waals surface area contributed by atoms with Crippen LogP contribution in [0.5, 0.6) is 0 Å². The topological polar surface area (TPSA) is 26.7 Å². The van der Waals surface area contributed by atoms with E-state index in [2.05, 4.69) is 18.7 Å². The largest absolute Gasteiger partial charge is 0.764 e. The third-order valence-corrected chi connectivity index (χ3v) is 2.12. The number of rotatable bonds is 6. The van der Waals surface area contributed by atoms with Gasteiger partial charge >= 0.3 is 0 Å². The van der Waals surface area contributed by atoms with Crippen molar-refractivity contribution in [3.8, 4) is 0 Å². The Morgan fingerprint density at radius 3 is 2.77 bits per heavy atom. The number of nitrogens with zero attached hydrogens (tertiary/aromatic N) is 2. The molecule has 0 saturated carbocycles. The van der Waals surface area contributed by atoms with Gasteiger partial charge in [0.25, 0.3) is 0 Å². The highest BCUT2D eigenvalue weighted by atomic mass is 14.7. The van der Waals surface area contributed by atoms with Crippen LogP contribution in [0.1, 0.15) is 39.5 Å². The number of hydrogen-bond donors (Lipinski definition) is 0. The van der Waals surface area contributed by atoms with Crippen LogP contribution in [0.4, 0.5) is 0 Å². The molecule has 0 aliphatic heterocycles. The molecule has 0 fully saturated rings. The van der Waals surface area contributed by atoms with Crippen LogP contribution in [0.25, 0.3) is 10.3 Å². The third kappa shape index (κ3) is 6.13. The summed E-state index contributed by atoms with van der Waals surface area (Å²) in [5, 5.41) is 8.34. The summed E-state index contributed by atoms with van der Waals surface area (Å²) in [6, 6.07) is 0.0150. The fourth-order valence-electron chi connectivity index (χ4n) is 1.47. The molecule has 0 spiro atoms. The lowest BCUT2D eigenvalue weighted by Crippen LogP contribution is -2.07. The molecule has 1 unspecified atom stereocenters. The average molecular weight is 177 g/mol. The van der Waals surface area contributed by atoms with Crippen molar-refractivity contribution in [1.29, 1.82) is 0 Å². The second kappa shape index (κ2) is 7.58. The molecule has 0 bridgehead atoms. The highest BCUT2D eigenvalue weighted by Gasteiger charge is 2.14. The van der Waals surface area contributed by atoms with Crippen molar-refractivity contribution in [1.82, 2.24) is 0 Å². The lowest BCUT2D eigenvalue weighted by Gasteiger charge is -2.09. The first-order valence-corrected chi connectivity index (χ1v) is 4.82. The Balaban J connectivity index is 3.84. The van der Waals surface area contributed by atoms with Gasteiger partial charge in [-0.1, -0.05) is 32.8 Å². The maximum atomic E-state index is 8.34. The summed E-state index contributed by atoms with van der Waals surface area (Å²) in [7, 11) is 0. The van der Waals surface area contributed by atoms with E-state index in [4.69, 9.17) is 12.0 Å². The molecule has 0 aliphatic carbocycles. The summed E-state index contributed by atoms with van der Waals surface area (Å²) in [5.74, 6) is 2.58. The van der Waals surface area contributed by atoms with Crippen LogP contribution in [0.15, 0.2) is 6.08 Å². The van der Waals surface area contributed by atoms with Crippen molar-refractivity contribution in [3.05, 3.63) is 22.9 Å². The van der Waals surface area contributed by atoms with Gasteiger partial charge in [0.1, 0.15) is 0 Å². The quantitative estimate of drug-likeness (QED) is 0.439. The van der Waals surface area contributed by atoms with Gasteiger partial charge in [0.05, 0.1) is 0 Å². The van der Waals surface area contributed by atoms with Crippen LogP contribution < -0.4 is 0 Å². The first kappa shape index (κ1) is 11.9. The highest BCUT2D eigenvalue weighted by Crippen LogP contribution is 2.16. The van der Waals surface area contributed by atoms with Gasteiger partial charge in [-0.05, 0) is 5.92 Å². The van der Waals surface area contributed by atoms with Gasteiger partial charge in [0, 0.05) is 12.8 Å². The van der Waals surface area contributed by atoms with Gasteiger partial charge in [-0.3, -0.25) is 5.87 Å². The molecule has 0 rings (SSSR count). The SMILES string of the molecule is [C-]#[N+][C@@H](CC=C=[N-])CC(C)CCC. The minimum atomic E-state index is 0.0150. The zero-order valence-corrected chi connectivity index (χ0v) is 8.45. The maximum absolute atomic E-state index is 8.34. The standard InChI is InChI=1S/C11H17N2/c1-4-6-10(2)9-11(13-3)7-5-8-12/h5,10-11H,4,6-7,9H2,1-2H3/q-1/t10?,11-/m0/s1. The molecule has 2 nitrogen and oxygen atoms in total. The molecule has 72 valence electrons. The van der Waals surface area contributed by atoms with Crippen LogP contribution >= 0.6 is 0 Å². The van der Waals surface area contributed by atoms with E-state index in [0.717, 1.165) is 6.42 Å². The molecule has 0 amide bonds. The van der Waals surface area contributed by atoms with Crippen molar-refractivity contribution in [3.63, 3.8) is 0 Å². The van der Waals surface area contributed by atoms with E-state index < -0.39 is 0 Å². The van der Waals surface area contributed by atoms with Crippen LogP contribution in [0, 0.1) is 12.5 Å². The summed E-state index contributed by atoms with van der Waals surface area (Å²) >= 11 is 0. The fraction of sp³-hybridized carbons (Fsp3) is 0.727. The van der Waals surface area contributed by atoms with Crippen molar-refractivity contribution in [2.75, 3.05) is 0 Å². The lowest BCUT2D eigenvalue weighted by molar-refractivity contribution is 0.459. The van der Waals surface area contributed by atoms with E-state index in [-0.39, 0.29) is 6.04 Å². The molecule has 0 aromatic carbocycles. The van der Waals surface area contributed by atoms with Crippen molar-refractivity contribution < 1.29 is 0 Å². The minimum Gasteiger partial charge on any atom is -0.764 e. The first-order valence-electron chi connectivity index (χ1n) is 4.82. The maximum Gasteiger partial charge on any atom is 0.227 e. The minimum absolute atomic E-state index is 0.0150. The lowest BCUT2D eigenvalue weighted by atomic mass is 9.96. The van der Waals surface area contributed by atoms with Crippen LogP contribution in [0.2, 0.25) is 0 Å². The molecule has 0 N–H and O–H groups in total. The summed E-state index contributed by atoms with van der Waals surface area (Å²) in [6.45, 7) is 11.3. The molecule has 0 heterocycles. The van der Waals surface area contributed by atoms with Crippen molar-refractivity contribution in [2.45, 2.75) is 45.6 Å². The normalized spacial score (nSPS) is 13.9. The summed E-state index contributed by atoms with van der Waals surface area (Å²) < 4.78 is 0. The Hall–Kier alpha value is -1.06.